The topological polar surface area (TPSA) is 65.9 Å². The molecule has 1 rings (SSSR count). The zero-order valence-electron chi connectivity index (χ0n) is 14.1. The van der Waals surface area contributed by atoms with E-state index in [1.807, 2.05) is 45.0 Å². The minimum Gasteiger partial charge on any atom is -0.491 e. The third-order valence-electron chi connectivity index (χ3n) is 2.82. The summed E-state index contributed by atoms with van der Waals surface area (Å²) in [6.07, 6.45) is 1.25. The summed E-state index contributed by atoms with van der Waals surface area (Å²) in [6, 6.07) is 7.46. The van der Waals surface area contributed by atoms with Crippen molar-refractivity contribution in [2.24, 2.45) is 4.99 Å². The highest BCUT2D eigenvalue weighted by Crippen LogP contribution is 2.18. The molecule has 3 N–H and O–H groups in total. The number of aliphatic hydroxyl groups is 1. The summed E-state index contributed by atoms with van der Waals surface area (Å²) in [5, 5.41) is 16.4. The van der Waals surface area contributed by atoms with Gasteiger partial charge in [0.25, 0.3) is 0 Å². The van der Waals surface area contributed by atoms with Gasteiger partial charge in [0.2, 0.25) is 0 Å². The lowest BCUT2D eigenvalue weighted by atomic mass is 10.1. The molecule has 0 saturated carbocycles. The van der Waals surface area contributed by atoms with Crippen molar-refractivity contribution in [3.8, 4) is 5.75 Å². The van der Waals surface area contributed by atoms with E-state index in [4.69, 9.17) is 4.74 Å². The molecule has 0 bridgehead atoms. The molecule has 130 valence electrons. The largest absolute Gasteiger partial charge is 0.491 e. The third-order valence-corrected chi connectivity index (χ3v) is 2.82. The normalized spacial score (nSPS) is 12.3. The molecule has 5 nitrogen and oxygen atoms in total. The average molecular weight is 433 g/mol. The summed E-state index contributed by atoms with van der Waals surface area (Å²) in [4.78, 5) is 4.36. The molecule has 1 aromatic rings. The zero-order chi connectivity index (χ0) is 16.4. The van der Waals surface area contributed by atoms with Crippen LogP contribution >= 0.6 is 24.0 Å². The first kappa shape index (κ1) is 21.7. The van der Waals surface area contributed by atoms with Crippen LogP contribution in [0.2, 0.25) is 0 Å². The van der Waals surface area contributed by atoms with Gasteiger partial charge < -0.3 is 20.5 Å². The molecule has 0 amide bonds. The maximum absolute atomic E-state index is 10.2. The van der Waals surface area contributed by atoms with E-state index < -0.39 is 6.10 Å². The summed E-state index contributed by atoms with van der Waals surface area (Å²) in [5.41, 5.74) is 0.819. The molecule has 0 fully saturated rings. The van der Waals surface area contributed by atoms with E-state index in [9.17, 15) is 5.11 Å². The Balaban J connectivity index is 0.00000484. The second-order valence-corrected chi connectivity index (χ2v) is 5.14. The summed E-state index contributed by atoms with van der Waals surface area (Å²) >= 11 is 0. The van der Waals surface area contributed by atoms with Gasteiger partial charge >= 0.3 is 0 Å². The molecule has 0 radical (unpaired) electrons. The standard InChI is InChI=1S/C17H27N3O2.HI/c1-5-11-19-17(18-6-2)20-12-16(21)14-7-9-15(10-8-14)22-13(3)4;/h5,7-10,13,16,21H,1,6,11-12H2,2-4H3,(H2,18,19,20);1H. The van der Waals surface area contributed by atoms with E-state index in [2.05, 4.69) is 22.2 Å². The first-order valence-electron chi connectivity index (χ1n) is 7.64. The van der Waals surface area contributed by atoms with Crippen molar-refractivity contribution in [2.75, 3.05) is 19.6 Å². The molecule has 0 aromatic heterocycles. The van der Waals surface area contributed by atoms with Crippen LogP contribution in [0.25, 0.3) is 0 Å². The Morgan fingerprint density at radius 1 is 1.30 bits per heavy atom. The SMILES string of the molecule is C=CCNC(=NCC(O)c1ccc(OC(C)C)cc1)NCC.I. The van der Waals surface area contributed by atoms with Gasteiger partial charge in [-0.25, -0.2) is 0 Å². The van der Waals surface area contributed by atoms with Crippen molar-refractivity contribution >= 4 is 29.9 Å². The van der Waals surface area contributed by atoms with E-state index >= 15 is 0 Å². The lowest BCUT2D eigenvalue weighted by molar-refractivity contribution is 0.186. The smallest absolute Gasteiger partial charge is 0.191 e. The lowest BCUT2D eigenvalue weighted by Crippen LogP contribution is -2.37. The van der Waals surface area contributed by atoms with Gasteiger partial charge in [0.1, 0.15) is 5.75 Å². The fourth-order valence-corrected chi connectivity index (χ4v) is 1.83. The number of hydrogen-bond donors (Lipinski definition) is 3. The van der Waals surface area contributed by atoms with Crippen LogP contribution in [0.4, 0.5) is 0 Å². The highest BCUT2D eigenvalue weighted by molar-refractivity contribution is 14.0. The van der Waals surface area contributed by atoms with E-state index in [1.54, 1.807) is 6.08 Å². The Morgan fingerprint density at radius 2 is 1.96 bits per heavy atom. The second kappa shape index (κ2) is 12.2. The van der Waals surface area contributed by atoms with Gasteiger partial charge in [-0.3, -0.25) is 4.99 Å². The summed E-state index contributed by atoms with van der Waals surface area (Å²) in [6.45, 7) is 11.3. The fraction of sp³-hybridized carbons (Fsp3) is 0.471. The number of benzene rings is 1. The number of hydrogen-bond acceptors (Lipinski definition) is 3. The predicted octanol–water partition coefficient (Wildman–Crippen LogP) is 2.87. The minimum atomic E-state index is -0.646. The van der Waals surface area contributed by atoms with Crippen LogP contribution in [0.5, 0.6) is 5.75 Å². The van der Waals surface area contributed by atoms with Gasteiger partial charge in [-0.05, 0) is 38.5 Å². The van der Waals surface area contributed by atoms with Crippen molar-refractivity contribution in [1.82, 2.24) is 10.6 Å². The first-order valence-corrected chi connectivity index (χ1v) is 7.64. The first-order chi connectivity index (χ1) is 10.6. The van der Waals surface area contributed by atoms with E-state index in [0.29, 0.717) is 12.5 Å². The maximum atomic E-state index is 10.2. The van der Waals surface area contributed by atoms with Crippen molar-refractivity contribution in [2.45, 2.75) is 33.0 Å². The van der Waals surface area contributed by atoms with E-state index in [-0.39, 0.29) is 36.6 Å². The Morgan fingerprint density at radius 3 is 2.48 bits per heavy atom. The number of rotatable bonds is 8. The van der Waals surface area contributed by atoms with Crippen LogP contribution in [-0.2, 0) is 0 Å². The van der Waals surface area contributed by atoms with Crippen molar-refractivity contribution in [3.63, 3.8) is 0 Å². The van der Waals surface area contributed by atoms with Gasteiger partial charge in [0.15, 0.2) is 5.96 Å². The van der Waals surface area contributed by atoms with Crippen LogP contribution in [0.15, 0.2) is 41.9 Å². The monoisotopic (exact) mass is 433 g/mol. The summed E-state index contributed by atoms with van der Waals surface area (Å²) in [7, 11) is 0. The Hall–Kier alpha value is -1.28. The Kier molecular flexibility index (Phi) is 11.5. The van der Waals surface area contributed by atoms with Crippen molar-refractivity contribution in [1.29, 1.82) is 0 Å². The summed E-state index contributed by atoms with van der Waals surface area (Å²) in [5.74, 6) is 1.47. The molecule has 0 spiro atoms. The molecule has 0 aliphatic heterocycles. The molecule has 0 aliphatic carbocycles. The number of aliphatic hydroxyl groups excluding tert-OH is 1. The highest BCUT2D eigenvalue weighted by Gasteiger charge is 2.08. The van der Waals surface area contributed by atoms with Crippen LogP contribution in [0.3, 0.4) is 0 Å². The van der Waals surface area contributed by atoms with Crippen LogP contribution in [-0.4, -0.2) is 36.8 Å². The molecular formula is C17H28IN3O2. The molecule has 1 aromatic carbocycles. The van der Waals surface area contributed by atoms with Gasteiger partial charge in [0, 0.05) is 13.1 Å². The highest BCUT2D eigenvalue weighted by atomic mass is 127. The number of nitrogens with one attached hydrogen (secondary N) is 2. The molecule has 1 atom stereocenters. The number of ether oxygens (including phenoxy) is 1. The molecule has 0 heterocycles. The number of aliphatic imine (C=N–C) groups is 1. The average Bonchev–Trinajstić information content (AvgIpc) is 2.50. The fourth-order valence-electron chi connectivity index (χ4n) is 1.83. The number of halogens is 1. The van der Waals surface area contributed by atoms with Crippen LogP contribution in [0.1, 0.15) is 32.4 Å². The number of guanidine groups is 1. The number of nitrogens with zero attached hydrogens (tertiary/aromatic N) is 1. The maximum Gasteiger partial charge on any atom is 0.191 e. The third kappa shape index (κ3) is 8.80. The van der Waals surface area contributed by atoms with E-state index in [0.717, 1.165) is 17.9 Å². The van der Waals surface area contributed by atoms with E-state index in [1.165, 1.54) is 0 Å². The van der Waals surface area contributed by atoms with Gasteiger partial charge in [-0.15, -0.1) is 30.6 Å². The van der Waals surface area contributed by atoms with Crippen molar-refractivity contribution < 1.29 is 9.84 Å². The molecule has 0 aliphatic rings. The van der Waals surface area contributed by atoms with Crippen LogP contribution in [0, 0.1) is 0 Å². The molecule has 23 heavy (non-hydrogen) atoms. The Labute approximate surface area is 156 Å². The zero-order valence-corrected chi connectivity index (χ0v) is 16.4. The van der Waals surface area contributed by atoms with Crippen LogP contribution < -0.4 is 15.4 Å². The van der Waals surface area contributed by atoms with Crippen molar-refractivity contribution in [3.05, 3.63) is 42.5 Å². The van der Waals surface area contributed by atoms with Gasteiger partial charge in [0.05, 0.1) is 18.8 Å². The Bertz CT molecular complexity index is 475. The minimum absolute atomic E-state index is 0. The quantitative estimate of drug-likeness (QED) is 0.255. The van der Waals surface area contributed by atoms with Gasteiger partial charge in [-0.1, -0.05) is 18.2 Å². The van der Waals surface area contributed by atoms with Gasteiger partial charge in [-0.2, -0.15) is 0 Å². The molecular weight excluding hydrogens is 405 g/mol. The lowest BCUT2D eigenvalue weighted by Gasteiger charge is -2.14. The molecule has 6 heteroatoms. The second-order valence-electron chi connectivity index (χ2n) is 5.14. The molecule has 0 saturated heterocycles. The predicted molar refractivity (Wildman–Crippen MR) is 107 cm³/mol. The molecule has 1 unspecified atom stereocenters. The summed E-state index contributed by atoms with van der Waals surface area (Å²) < 4.78 is 5.58.